The first-order valence-electron chi connectivity index (χ1n) is 7.48. The van der Waals surface area contributed by atoms with E-state index in [0.717, 1.165) is 6.04 Å². The standard InChI is InChI=1S/C16H25NS2/c1-3-13(2)14-9-11-16(12-10-14)18-19-17-15-7-5-4-6-8-15/h9-13,15,17H,3-8H2,1-2H3. The number of rotatable bonds is 6. The second-order valence-electron chi connectivity index (χ2n) is 5.50. The number of benzene rings is 1. The summed E-state index contributed by atoms with van der Waals surface area (Å²) in [6.07, 6.45) is 8.12. The molecule has 106 valence electrons. The molecule has 1 saturated carbocycles. The Morgan fingerprint density at radius 3 is 2.47 bits per heavy atom. The van der Waals surface area contributed by atoms with E-state index >= 15 is 0 Å². The van der Waals surface area contributed by atoms with E-state index in [1.807, 2.05) is 10.8 Å². The topological polar surface area (TPSA) is 12.0 Å². The van der Waals surface area contributed by atoms with E-state index in [-0.39, 0.29) is 0 Å². The maximum Gasteiger partial charge on any atom is 0.0195 e. The third-order valence-corrected chi connectivity index (χ3v) is 6.11. The van der Waals surface area contributed by atoms with Gasteiger partial charge in [-0.1, -0.05) is 45.2 Å². The average Bonchev–Trinajstić information content (AvgIpc) is 2.48. The summed E-state index contributed by atoms with van der Waals surface area (Å²) in [4.78, 5) is 1.35. The summed E-state index contributed by atoms with van der Waals surface area (Å²) in [5.74, 6) is 0.673. The van der Waals surface area contributed by atoms with Crippen molar-refractivity contribution < 1.29 is 0 Å². The van der Waals surface area contributed by atoms with Gasteiger partial charge in [0.15, 0.2) is 0 Å². The monoisotopic (exact) mass is 295 g/mol. The summed E-state index contributed by atoms with van der Waals surface area (Å²) in [7, 11) is 3.65. The maximum atomic E-state index is 3.60. The first-order chi connectivity index (χ1) is 9.29. The second-order valence-corrected chi connectivity index (χ2v) is 7.54. The Labute approximate surface area is 125 Å². The number of hydrogen-bond donors (Lipinski definition) is 1. The van der Waals surface area contributed by atoms with Crippen molar-refractivity contribution in [3.63, 3.8) is 0 Å². The van der Waals surface area contributed by atoms with Gasteiger partial charge in [-0.25, -0.2) is 0 Å². The molecule has 1 aromatic carbocycles. The first-order valence-corrected chi connectivity index (χ1v) is 9.63. The summed E-state index contributed by atoms with van der Waals surface area (Å²) in [6, 6.07) is 9.78. The van der Waals surface area contributed by atoms with Gasteiger partial charge in [-0.05, 0) is 64.7 Å². The molecule has 1 N–H and O–H groups in total. The van der Waals surface area contributed by atoms with Crippen molar-refractivity contribution in [1.82, 2.24) is 4.72 Å². The highest BCUT2D eigenvalue weighted by Gasteiger charge is 2.12. The Kier molecular flexibility index (Phi) is 6.62. The molecule has 2 rings (SSSR count). The van der Waals surface area contributed by atoms with Crippen LogP contribution in [0.5, 0.6) is 0 Å². The summed E-state index contributed by atoms with van der Waals surface area (Å²) in [6.45, 7) is 4.54. The minimum absolute atomic E-state index is 0.673. The van der Waals surface area contributed by atoms with Gasteiger partial charge in [-0.15, -0.1) is 0 Å². The smallest absolute Gasteiger partial charge is 0.0195 e. The van der Waals surface area contributed by atoms with Crippen molar-refractivity contribution in [3.05, 3.63) is 29.8 Å². The predicted molar refractivity (Wildman–Crippen MR) is 88.6 cm³/mol. The van der Waals surface area contributed by atoms with Crippen LogP contribution in [0.3, 0.4) is 0 Å². The second kappa shape index (κ2) is 8.23. The van der Waals surface area contributed by atoms with Gasteiger partial charge >= 0.3 is 0 Å². The van der Waals surface area contributed by atoms with Gasteiger partial charge in [-0.3, -0.25) is 4.72 Å². The minimum Gasteiger partial charge on any atom is -0.251 e. The normalized spacial score (nSPS) is 18.4. The highest BCUT2D eigenvalue weighted by Crippen LogP contribution is 2.32. The van der Waals surface area contributed by atoms with Crippen LogP contribution in [-0.2, 0) is 0 Å². The molecule has 3 heteroatoms. The van der Waals surface area contributed by atoms with Crippen molar-refractivity contribution in [1.29, 1.82) is 0 Å². The third kappa shape index (κ3) is 5.05. The quantitative estimate of drug-likeness (QED) is 0.528. The van der Waals surface area contributed by atoms with E-state index in [4.69, 9.17) is 0 Å². The van der Waals surface area contributed by atoms with Crippen molar-refractivity contribution in [2.75, 3.05) is 0 Å². The average molecular weight is 296 g/mol. The SMILES string of the molecule is CCC(C)c1ccc(SSNC2CCCCC2)cc1. The van der Waals surface area contributed by atoms with E-state index in [1.165, 1.54) is 49.0 Å². The van der Waals surface area contributed by atoms with Crippen LogP contribution >= 0.6 is 21.8 Å². The molecule has 0 amide bonds. The van der Waals surface area contributed by atoms with Crippen LogP contribution in [-0.4, -0.2) is 6.04 Å². The van der Waals surface area contributed by atoms with Gasteiger partial charge in [0.2, 0.25) is 0 Å². The van der Waals surface area contributed by atoms with Crippen LogP contribution in [0.4, 0.5) is 0 Å². The molecule has 1 nitrogen and oxygen atoms in total. The molecule has 0 aliphatic heterocycles. The predicted octanol–water partition coefficient (Wildman–Crippen LogP) is 5.78. The van der Waals surface area contributed by atoms with Gasteiger partial charge in [0, 0.05) is 10.9 Å². The zero-order valence-electron chi connectivity index (χ0n) is 12.0. The number of hydrogen-bond acceptors (Lipinski definition) is 3. The van der Waals surface area contributed by atoms with Gasteiger partial charge in [0.05, 0.1) is 0 Å². The van der Waals surface area contributed by atoms with E-state index in [0.29, 0.717) is 5.92 Å². The molecule has 0 radical (unpaired) electrons. The Balaban J connectivity index is 1.73. The van der Waals surface area contributed by atoms with Crippen LogP contribution < -0.4 is 4.72 Å². The molecule has 0 aromatic heterocycles. The van der Waals surface area contributed by atoms with E-state index in [1.54, 1.807) is 11.0 Å². The van der Waals surface area contributed by atoms with E-state index in [2.05, 4.69) is 42.8 Å². The molecular formula is C16H25NS2. The van der Waals surface area contributed by atoms with E-state index in [9.17, 15) is 0 Å². The van der Waals surface area contributed by atoms with Gasteiger partial charge in [0.25, 0.3) is 0 Å². The zero-order chi connectivity index (χ0) is 13.5. The fraction of sp³-hybridized carbons (Fsp3) is 0.625. The lowest BCUT2D eigenvalue weighted by Gasteiger charge is -2.21. The Bertz CT molecular complexity index is 358. The van der Waals surface area contributed by atoms with Crippen molar-refractivity contribution >= 4 is 21.8 Å². The molecule has 1 aliphatic rings. The highest BCUT2D eigenvalue weighted by atomic mass is 33.1. The van der Waals surface area contributed by atoms with Crippen molar-refractivity contribution in [2.24, 2.45) is 0 Å². The van der Waals surface area contributed by atoms with Gasteiger partial charge in [-0.2, -0.15) is 0 Å². The van der Waals surface area contributed by atoms with Crippen molar-refractivity contribution in [3.8, 4) is 0 Å². The highest BCUT2D eigenvalue weighted by molar-refractivity contribution is 8.76. The number of nitrogens with one attached hydrogen (secondary N) is 1. The molecule has 1 aliphatic carbocycles. The molecule has 0 spiro atoms. The molecule has 0 saturated heterocycles. The summed E-state index contributed by atoms with van der Waals surface area (Å²) in [5.41, 5.74) is 1.46. The fourth-order valence-electron chi connectivity index (χ4n) is 2.45. The molecule has 1 aromatic rings. The van der Waals surface area contributed by atoms with Crippen LogP contribution in [0.25, 0.3) is 0 Å². The largest absolute Gasteiger partial charge is 0.251 e. The first kappa shape index (κ1) is 15.3. The molecule has 0 bridgehead atoms. The Morgan fingerprint density at radius 2 is 1.84 bits per heavy atom. The lowest BCUT2D eigenvalue weighted by molar-refractivity contribution is 0.424. The summed E-state index contributed by atoms with van der Waals surface area (Å²) >= 11 is 0. The lowest BCUT2D eigenvalue weighted by Crippen LogP contribution is -2.24. The molecular weight excluding hydrogens is 270 g/mol. The van der Waals surface area contributed by atoms with E-state index < -0.39 is 0 Å². The lowest BCUT2D eigenvalue weighted by atomic mass is 9.96. The Morgan fingerprint density at radius 1 is 1.16 bits per heavy atom. The molecule has 1 atom stereocenters. The van der Waals surface area contributed by atoms with Gasteiger partial charge < -0.3 is 0 Å². The molecule has 1 unspecified atom stereocenters. The minimum atomic E-state index is 0.673. The molecule has 0 heterocycles. The summed E-state index contributed by atoms with van der Waals surface area (Å²) in [5, 5.41) is 0. The fourth-order valence-corrected chi connectivity index (χ4v) is 4.39. The molecule has 1 fully saturated rings. The van der Waals surface area contributed by atoms with Crippen LogP contribution in [0, 0.1) is 0 Å². The molecule has 19 heavy (non-hydrogen) atoms. The van der Waals surface area contributed by atoms with Crippen LogP contribution in [0.15, 0.2) is 29.2 Å². The van der Waals surface area contributed by atoms with Crippen molar-refractivity contribution in [2.45, 2.75) is 69.2 Å². The third-order valence-electron chi connectivity index (χ3n) is 4.02. The van der Waals surface area contributed by atoms with Gasteiger partial charge in [0.1, 0.15) is 0 Å². The Hall–Kier alpha value is -0.120. The van der Waals surface area contributed by atoms with Crippen LogP contribution in [0.2, 0.25) is 0 Å². The van der Waals surface area contributed by atoms with Crippen LogP contribution in [0.1, 0.15) is 63.9 Å². The zero-order valence-corrected chi connectivity index (χ0v) is 13.7. The summed E-state index contributed by atoms with van der Waals surface area (Å²) < 4.78 is 3.60. The maximum absolute atomic E-state index is 3.60.